The number of carbonyl (C=O) groups is 1. The second-order valence-electron chi connectivity index (χ2n) is 2.46. The highest BCUT2D eigenvalue weighted by atomic mass is 16.5. The van der Waals surface area contributed by atoms with Crippen LogP contribution < -0.4 is 0 Å². The number of nitrogens with zero attached hydrogens (tertiary/aromatic N) is 3. The summed E-state index contributed by atoms with van der Waals surface area (Å²) in [5.41, 5.74) is 0.193. The molecule has 0 amide bonds. The van der Waals surface area contributed by atoms with Gasteiger partial charge in [0, 0.05) is 7.05 Å². The van der Waals surface area contributed by atoms with E-state index in [4.69, 9.17) is 4.74 Å². The highest BCUT2D eigenvalue weighted by Gasteiger charge is 2.16. The van der Waals surface area contributed by atoms with Gasteiger partial charge in [-0.3, -0.25) is 4.68 Å². The molecule has 0 fully saturated rings. The van der Waals surface area contributed by atoms with Crippen LogP contribution in [0.4, 0.5) is 5.69 Å². The van der Waals surface area contributed by atoms with Gasteiger partial charge < -0.3 is 4.74 Å². The zero-order valence-electron chi connectivity index (χ0n) is 7.85. The van der Waals surface area contributed by atoms with Crippen LogP contribution in [0.5, 0.6) is 0 Å². The van der Waals surface area contributed by atoms with Crippen LogP contribution >= 0.6 is 0 Å². The van der Waals surface area contributed by atoms with Gasteiger partial charge >= 0.3 is 5.97 Å². The summed E-state index contributed by atoms with van der Waals surface area (Å²) in [7, 11) is 1.62. The van der Waals surface area contributed by atoms with Crippen LogP contribution in [0.3, 0.4) is 0 Å². The minimum absolute atomic E-state index is 0.0256. The Bertz CT molecular complexity index is 391. The lowest BCUT2D eigenvalue weighted by molar-refractivity contribution is 0.0519. The fraction of sp³-hybridized carbons (Fsp3) is 0.375. The molecule has 0 aliphatic heterocycles. The third-order valence-corrected chi connectivity index (χ3v) is 1.44. The van der Waals surface area contributed by atoms with Crippen molar-refractivity contribution in [1.82, 2.24) is 9.78 Å². The zero-order chi connectivity index (χ0) is 10.6. The van der Waals surface area contributed by atoms with E-state index in [-0.39, 0.29) is 18.0 Å². The van der Waals surface area contributed by atoms with Crippen LogP contribution in [0.1, 0.15) is 17.4 Å². The number of hydrogen-bond acceptors (Lipinski definition) is 5. The molecule has 0 radical (unpaired) electrons. The number of aromatic nitrogens is 2. The number of esters is 1. The average Bonchev–Trinajstić information content (AvgIpc) is 2.48. The van der Waals surface area contributed by atoms with Gasteiger partial charge in [-0.1, -0.05) is 0 Å². The Morgan fingerprint density at radius 1 is 1.79 bits per heavy atom. The van der Waals surface area contributed by atoms with Gasteiger partial charge in [-0.05, 0) is 6.92 Å². The smallest absolute Gasteiger partial charge is 0.361 e. The lowest BCUT2D eigenvalue weighted by Crippen LogP contribution is -2.06. The van der Waals surface area contributed by atoms with E-state index in [0.717, 1.165) is 0 Å². The second-order valence-corrected chi connectivity index (χ2v) is 2.46. The van der Waals surface area contributed by atoms with Crippen molar-refractivity contribution < 1.29 is 14.3 Å². The maximum Gasteiger partial charge on any atom is 0.361 e. The van der Waals surface area contributed by atoms with Gasteiger partial charge in [0.2, 0.25) is 6.08 Å². The third kappa shape index (κ3) is 2.05. The number of rotatable bonds is 3. The lowest BCUT2D eigenvalue weighted by atomic mass is 10.4. The first-order valence-corrected chi connectivity index (χ1v) is 3.97. The highest BCUT2D eigenvalue weighted by Crippen LogP contribution is 2.16. The molecule has 0 aromatic carbocycles. The Labute approximate surface area is 80.2 Å². The zero-order valence-corrected chi connectivity index (χ0v) is 7.85. The van der Waals surface area contributed by atoms with Gasteiger partial charge in [0.15, 0.2) is 5.69 Å². The molecule has 1 heterocycles. The fourth-order valence-corrected chi connectivity index (χ4v) is 0.952. The molecular formula is C8H9N3O3. The molecule has 0 atom stereocenters. The van der Waals surface area contributed by atoms with Crippen LogP contribution in [0, 0.1) is 0 Å². The molecule has 6 nitrogen and oxygen atoms in total. The Balaban J connectivity index is 3.05. The Kier molecular flexibility index (Phi) is 3.14. The summed E-state index contributed by atoms with van der Waals surface area (Å²) in [4.78, 5) is 24.6. The van der Waals surface area contributed by atoms with E-state index in [1.54, 1.807) is 14.0 Å². The Hall–Kier alpha value is -1.94. The molecule has 6 heteroatoms. The van der Waals surface area contributed by atoms with E-state index in [2.05, 4.69) is 10.1 Å². The van der Waals surface area contributed by atoms with Gasteiger partial charge in [0.05, 0.1) is 12.8 Å². The van der Waals surface area contributed by atoms with Crippen molar-refractivity contribution >= 4 is 17.7 Å². The maximum absolute atomic E-state index is 11.3. The van der Waals surface area contributed by atoms with E-state index >= 15 is 0 Å². The molecule has 1 aromatic heterocycles. The number of aryl methyl sites for hydroxylation is 1. The average molecular weight is 195 g/mol. The first-order valence-electron chi connectivity index (χ1n) is 3.97. The molecule has 0 N–H and O–H groups in total. The van der Waals surface area contributed by atoms with Crippen molar-refractivity contribution in [3.63, 3.8) is 0 Å². The van der Waals surface area contributed by atoms with Crippen molar-refractivity contribution in [2.75, 3.05) is 6.61 Å². The first-order chi connectivity index (χ1) is 6.69. The highest BCUT2D eigenvalue weighted by molar-refractivity contribution is 5.92. The second kappa shape index (κ2) is 4.34. The van der Waals surface area contributed by atoms with E-state index in [0.29, 0.717) is 0 Å². The summed E-state index contributed by atoms with van der Waals surface area (Å²) < 4.78 is 6.10. The molecule has 0 aliphatic rings. The number of aliphatic imine (C=N–C) groups is 1. The summed E-state index contributed by atoms with van der Waals surface area (Å²) in [6.07, 6.45) is 2.79. The predicted molar refractivity (Wildman–Crippen MR) is 46.9 cm³/mol. The third-order valence-electron chi connectivity index (χ3n) is 1.44. The molecule has 14 heavy (non-hydrogen) atoms. The van der Waals surface area contributed by atoms with Crippen LogP contribution in [-0.2, 0) is 16.6 Å². The number of isocyanates is 1. The van der Waals surface area contributed by atoms with Gasteiger partial charge in [0.1, 0.15) is 5.69 Å². The quantitative estimate of drug-likeness (QED) is 0.401. The molecule has 0 bridgehead atoms. The number of ether oxygens (including phenoxy) is 1. The predicted octanol–water partition coefficient (Wildman–Crippen LogP) is 0.564. The minimum atomic E-state index is -0.595. The van der Waals surface area contributed by atoms with Crippen molar-refractivity contribution in [1.29, 1.82) is 0 Å². The van der Waals surface area contributed by atoms with Crippen LogP contribution in [0.25, 0.3) is 0 Å². The lowest BCUT2D eigenvalue weighted by Gasteiger charge is -1.96. The molecule has 1 aromatic rings. The van der Waals surface area contributed by atoms with E-state index in [1.807, 2.05) is 0 Å². The summed E-state index contributed by atoms with van der Waals surface area (Å²) >= 11 is 0. The molecule has 0 saturated carbocycles. The van der Waals surface area contributed by atoms with E-state index < -0.39 is 5.97 Å². The monoisotopic (exact) mass is 195 g/mol. The fourth-order valence-electron chi connectivity index (χ4n) is 0.952. The first kappa shape index (κ1) is 10.1. The topological polar surface area (TPSA) is 73.5 Å². The normalized spacial score (nSPS) is 9.29. The number of hydrogen-bond donors (Lipinski definition) is 0. The molecule has 74 valence electrons. The van der Waals surface area contributed by atoms with Gasteiger partial charge in [-0.2, -0.15) is 10.1 Å². The van der Waals surface area contributed by atoms with E-state index in [1.165, 1.54) is 17.0 Å². The largest absolute Gasteiger partial charge is 0.461 e. The Morgan fingerprint density at radius 3 is 3.07 bits per heavy atom. The molecule has 0 saturated heterocycles. The Morgan fingerprint density at radius 2 is 2.50 bits per heavy atom. The molecule has 0 spiro atoms. The SMILES string of the molecule is CCOC(=O)c1nn(C)cc1N=C=O. The van der Waals surface area contributed by atoms with Crippen LogP contribution in [0.15, 0.2) is 11.2 Å². The number of carbonyl (C=O) groups excluding carboxylic acids is 2. The summed E-state index contributed by atoms with van der Waals surface area (Å²) in [6, 6.07) is 0. The standard InChI is InChI=1S/C8H9N3O3/c1-3-14-8(13)7-6(9-5-12)4-11(2)10-7/h4H,3H2,1-2H3. The molecular weight excluding hydrogens is 186 g/mol. The summed E-state index contributed by atoms with van der Waals surface area (Å²) in [6.45, 7) is 1.93. The molecule has 1 rings (SSSR count). The molecule has 0 unspecified atom stereocenters. The van der Waals surface area contributed by atoms with Crippen molar-refractivity contribution in [2.24, 2.45) is 12.0 Å². The van der Waals surface area contributed by atoms with Crippen molar-refractivity contribution in [2.45, 2.75) is 6.92 Å². The minimum Gasteiger partial charge on any atom is -0.461 e. The maximum atomic E-state index is 11.3. The van der Waals surface area contributed by atoms with Gasteiger partial charge in [-0.15, -0.1) is 0 Å². The van der Waals surface area contributed by atoms with Crippen LogP contribution in [0.2, 0.25) is 0 Å². The van der Waals surface area contributed by atoms with Gasteiger partial charge in [0.25, 0.3) is 0 Å². The van der Waals surface area contributed by atoms with Gasteiger partial charge in [-0.25, -0.2) is 9.59 Å². The van der Waals surface area contributed by atoms with E-state index in [9.17, 15) is 9.59 Å². The van der Waals surface area contributed by atoms with Crippen molar-refractivity contribution in [3.05, 3.63) is 11.9 Å². The van der Waals surface area contributed by atoms with Crippen molar-refractivity contribution in [3.8, 4) is 0 Å². The summed E-state index contributed by atoms with van der Waals surface area (Å²) in [5.74, 6) is -0.595. The summed E-state index contributed by atoms with van der Waals surface area (Å²) in [5, 5.41) is 3.82. The van der Waals surface area contributed by atoms with Crippen LogP contribution in [-0.4, -0.2) is 28.4 Å². The molecule has 0 aliphatic carbocycles.